The van der Waals surface area contributed by atoms with Gasteiger partial charge in [0, 0.05) is 12.1 Å². The minimum absolute atomic E-state index is 0.0354. The lowest BCUT2D eigenvalue weighted by Gasteiger charge is -2.45. The smallest absolute Gasteiger partial charge is 0.320 e. The third-order valence-corrected chi connectivity index (χ3v) is 4.11. The van der Waals surface area contributed by atoms with E-state index in [0.29, 0.717) is 6.54 Å². The van der Waals surface area contributed by atoms with Gasteiger partial charge in [0.2, 0.25) is 0 Å². The number of ether oxygens (including phenoxy) is 1. The summed E-state index contributed by atoms with van der Waals surface area (Å²) in [4.78, 5) is 13.9. The zero-order valence-electron chi connectivity index (χ0n) is 13.2. The fourth-order valence-electron chi connectivity index (χ4n) is 3.06. The van der Waals surface area contributed by atoms with Crippen molar-refractivity contribution in [1.82, 2.24) is 10.2 Å². The molecule has 0 bridgehead atoms. The standard InChI is InChI=1S/C15H30N2O2/c1-12(2)19-14(18)10-16-11-15(17(4)5)8-6-7-13(3)9-15/h12-13,16H,6-11H2,1-5H3. The lowest BCUT2D eigenvalue weighted by Crippen LogP contribution is -2.54. The van der Waals surface area contributed by atoms with Gasteiger partial charge in [0.1, 0.15) is 0 Å². The maximum atomic E-state index is 11.5. The quantitative estimate of drug-likeness (QED) is 0.750. The highest BCUT2D eigenvalue weighted by atomic mass is 16.5. The van der Waals surface area contributed by atoms with Gasteiger partial charge in [-0.15, -0.1) is 0 Å². The second-order valence-corrected chi connectivity index (χ2v) is 6.46. The van der Waals surface area contributed by atoms with Crippen molar-refractivity contribution in [3.05, 3.63) is 0 Å². The van der Waals surface area contributed by atoms with Gasteiger partial charge in [-0.2, -0.15) is 0 Å². The molecule has 1 fully saturated rings. The molecule has 112 valence electrons. The molecule has 0 heterocycles. The number of hydrogen-bond acceptors (Lipinski definition) is 4. The van der Waals surface area contributed by atoms with Crippen LogP contribution in [0.2, 0.25) is 0 Å². The number of carbonyl (C=O) groups is 1. The second-order valence-electron chi connectivity index (χ2n) is 6.46. The summed E-state index contributed by atoms with van der Waals surface area (Å²) in [6.07, 6.45) is 4.97. The van der Waals surface area contributed by atoms with E-state index >= 15 is 0 Å². The number of hydrogen-bond donors (Lipinski definition) is 1. The third-order valence-electron chi connectivity index (χ3n) is 4.11. The summed E-state index contributed by atoms with van der Waals surface area (Å²) in [5.41, 5.74) is 0.190. The fraction of sp³-hybridized carbons (Fsp3) is 0.933. The Labute approximate surface area is 117 Å². The van der Waals surface area contributed by atoms with E-state index in [1.165, 1.54) is 25.7 Å². The minimum Gasteiger partial charge on any atom is -0.462 e. The second kappa shape index (κ2) is 7.25. The summed E-state index contributed by atoms with van der Waals surface area (Å²) >= 11 is 0. The van der Waals surface area contributed by atoms with E-state index < -0.39 is 0 Å². The predicted molar refractivity (Wildman–Crippen MR) is 78.1 cm³/mol. The summed E-state index contributed by atoms with van der Waals surface area (Å²) in [7, 11) is 4.29. The van der Waals surface area contributed by atoms with Gasteiger partial charge in [0.05, 0.1) is 12.6 Å². The summed E-state index contributed by atoms with van der Waals surface area (Å²) in [5.74, 6) is 0.605. The summed E-state index contributed by atoms with van der Waals surface area (Å²) in [5, 5.41) is 3.29. The first-order chi connectivity index (χ1) is 8.85. The SMILES string of the molecule is CC1CCCC(CNCC(=O)OC(C)C)(N(C)C)C1. The van der Waals surface area contributed by atoms with E-state index in [-0.39, 0.29) is 17.6 Å². The maximum Gasteiger partial charge on any atom is 0.320 e. The van der Waals surface area contributed by atoms with E-state index in [0.717, 1.165) is 12.5 Å². The van der Waals surface area contributed by atoms with Crippen molar-refractivity contribution in [2.24, 2.45) is 5.92 Å². The third kappa shape index (κ3) is 5.11. The van der Waals surface area contributed by atoms with Crippen LogP contribution in [0.4, 0.5) is 0 Å². The molecule has 0 aromatic heterocycles. The van der Waals surface area contributed by atoms with Crippen LogP contribution < -0.4 is 5.32 Å². The summed E-state index contributed by atoms with van der Waals surface area (Å²) < 4.78 is 5.14. The predicted octanol–water partition coefficient (Wildman–Crippen LogP) is 2.04. The van der Waals surface area contributed by atoms with E-state index in [4.69, 9.17) is 4.74 Å². The molecule has 4 heteroatoms. The molecule has 1 aliphatic carbocycles. The molecular formula is C15H30N2O2. The molecule has 0 saturated heterocycles. The van der Waals surface area contributed by atoms with Gasteiger partial charge in [-0.1, -0.05) is 19.8 Å². The van der Waals surface area contributed by atoms with Crippen LogP contribution in [0.1, 0.15) is 46.5 Å². The van der Waals surface area contributed by atoms with Crippen LogP contribution in [-0.2, 0) is 9.53 Å². The van der Waals surface area contributed by atoms with Crippen LogP contribution in [0.15, 0.2) is 0 Å². The molecule has 0 aliphatic heterocycles. The highest BCUT2D eigenvalue weighted by Gasteiger charge is 2.36. The summed E-state index contributed by atoms with van der Waals surface area (Å²) in [6, 6.07) is 0. The first-order valence-corrected chi connectivity index (χ1v) is 7.43. The van der Waals surface area contributed by atoms with Crippen LogP contribution in [0.5, 0.6) is 0 Å². The highest BCUT2D eigenvalue weighted by Crippen LogP contribution is 2.35. The van der Waals surface area contributed by atoms with Crippen LogP contribution >= 0.6 is 0 Å². The number of esters is 1. The van der Waals surface area contributed by atoms with Crippen molar-refractivity contribution in [3.63, 3.8) is 0 Å². The number of likely N-dealkylation sites (N-methyl/N-ethyl adjacent to an activating group) is 1. The van der Waals surface area contributed by atoms with Crippen molar-refractivity contribution in [2.45, 2.75) is 58.1 Å². The molecule has 4 nitrogen and oxygen atoms in total. The molecule has 0 radical (unpaired) electrons. The van der Waals surface area contributed by atoms with Crippen LogP contribution in [-0.4, -0.2) is 49.7 Å². The van der Waals surface area contributed by atoms with Crippen molar-refractivity contribution in [2.75, 3.05) is 27.2 Å². The van der Waals surface area contributed by atoms with Crippen LogP contribution in [0, 0.1) is 5.92 Å². The molecule has 0 aromatic rings. The van der Waals surface area contributed by atoms with Gasteiger partial charge in [0.15, 0.2) is 0 Å². The van der Waals surface area contributed by atoms with Gasteiger partial charge in [0.25, 0.3) is 0 Å². The van der Waals surface area contributed by atoms with E-state index in [9.17, 15) is 4.79 Å². The summed E-state index contributed by atoms with van der Waals surface area (Å²) in [6.45, 7) is 7.24. The normalized spacial score (nSPS) is 27.8. The van der Waals surface area contributed by atoms with Crippen molar-refractivity contribution in [1.29, 1.82) is 0 Å². The van der Waals surface area contributed by atoms with E-state index in [1.807, 2.05) is 13.8 Å². The topological polar surface area (TPSA) is 41.6 Å². The van der Waals surface area contributed by atoms with Gasteiger partial charge in [-0.3, -0.25) is 4.79 Å². The van der Waals surface area contributed by atoms with Gasteiger partial charge in [-0.25, -0.2) is 0 Å². The molecule has 0 aromatic carbocycles. The average Bonchev–Trinajstić information content (AvgIpc) is 2.27. The molecule has 1 aliphatic rings. The number of carbonyl (C=O) groups excluding carboxylic acids is 1. The monoisotopic (exact) mass is 270 g/mol. The van der Waals surface area contributed by atoms with Crippen molar-refractivity contribution < 1.29 is 9.53 Å². The van der Waals surface area contributed by atoms with Gasteiger partial charge < -0.3 is 15.0 Å². The van der Waals surface area contributed by atoms with Crippen LogP contribution in [0.25, 0.3) is 0 Å². The van der Waals surface area contributed by atoms with Gasteiger partial charge in [-0.05, 0) is 46.7 Å². The number of nitrogens with zero attached hydrogens (tertiary/aromatic N) is 1. The number of rotatable bonds is 6. The Kier molecular flexibility index (Phi) is 6.27. The fourth-order valence-corrected chi connectivity index (χ4v) is 3.06. The Bertz CT molecular complexity index is 292. The lowest BCUT2D eigenvalue weighted by atomic mass is 9.75. The Morgan fingerprint density at radius 1 is 1.47 bits per heavy atom. The first-order valence-electron chi connectivity index (χ1n) is 7.43. The zero-order chi connectivity index (χ0) is 14.5. The Morgan fingerprint density at radius 2 is 2.16 bits per heavy atom. The molecule has 0 amide bonds. The van der Waals surface area contributed by atoms with E-state index in [1.54, 1.807) is 0 Å². The zero-order valence-corrected chi connectivity index (χ0v) is 13.2. The molecule has 1 N–H and O–H groups in total. The molecular weight excluding hydrogens is 240 g/mol. The van der Waals surface area contributed by atoms with Crippen LogP contribution in [0.3, 0.4) is 0 Å². The minimum atomic E-state index is -0.159. The molecule has 1 saturated carbocycles. The Morgan fingerprint density at radius 3 is 2.68 bits per heavy atom. The van der Waals surface area contributed by atoms with Crippen molar-refractivity contribution in [3.8, 4) is 0 Å². The molecule has 1 rings (SSSR count). The average molecular weight is 270 g/mol. The molecule has 19 heavy (non-hydrogen) atoms. The largest absolute Gasteiger partial charge is 0.462 e. The highest BCUT2D eigenvalue weighted by molar-refractivity contribution is 5.71. The first kappa shape index (κ1) is 16.4. The van der Waals surface area contributed by atoms with E-state index in [2.05, 4.69) is 31.2 Å². The molecule has 2 unspecified atom stereocenters. The van der Waals surface area contributed by atoms with Gasteiger partial charge >= 0.3 is 5.97 Å². The molecule has 2 atom stereocenters. The number of nitrogens with one attached hydrogen (secondary N) is 1. The maximum absolute atomic E-state index is 11.5. The Hall–Kier alpha value is -0.610. The lowest BCUT2D eigenvalue weighted by molar-refractivity contribution is -0.146. The molecule has 0 spiro atoms. The van der Waals surface area contributed by atoms with Crippen molar-refractivity contribution >= 4 is 5.97 Å². The Balaban J connectivity index is 2.44.